The summed E-state index contributed by atoms with van der Waals surface area (Å²) in [7, 11) is 4.72. The highest BCUT2D eigenvalue weighted by Gasteiger charge is 2.19. The molecule has 0 radical (unpaired) electrons. The Bertz CT molecular complexity index is 775. The molecule has 29 heavy (non-hydrogen) atoms. The highest BCUT2D eigenvalue weighted by molar-refractivity contribution is 5.91. The summed E-state index contributed by atoms with van der Waals surface area (Å²) < 4.78 is 20.5. The zero-order valence-corrected chi connectivity index (χ0v) is 17.0. The molecule has 0 aliphatic carbocycles. The Balaban J connectivity index is 2.00. The summed E-state index contributed by atoms with van der Waals surface area (Å²) in [5.74, 6) is 0.552. The number of amides is 2. The summed E-state index contributed by atoms with van der Waals surface area (Å²) in [6.45, 7) is 1.67. The van der Waals surface area contributed by atoms with Crippen LogP contribution in [0.25, 0.3) is 0 Å². The summed E-state index contributed by atoms with van der Waals surface area (Å²) in [6.07, 6.45) is 1.50. The van der Waals surface area contributed by atoms with Gasteiger partial charge in [-0.2, -0.15) is 0 Å². The van der Waals surface area contributed by atoms with Gasteiger partial charge in [0.25, 0.3) is 5.91 Å². The fraction of sp³-hybridized carbons (Fsp3) is 0.450. The van der Waals surface area contributed by atoms with Crippen LogP contribution in [-0.2, 0) is 27.2 Å². The van der Waals surface area contributed by atoms with Gasteiger partial charge in [0.1, 0.15) is 12.0 Å². The molecule has 2 amide bonds. The second kappa shape index (κ2) is 11.8. The van der Waals surface area contributed by atoms with Crippen molar-refractivity contribution in [2.24, 2.45) is 0 Å². The Labute approximate surface area is 169 Å². The fourth-order valence-electron chi connectivity index (χ4n) is 2.53. The summed E-state index contributed by atoms with van der Waals surface area (Å²) in [5.41, 5.74) is 1.02. The van der Waals surface area contributed by atoms with E-state index < -0.39 is 0 Å². The summed E-state index contributed by atoms with van der Waals surface area (Å²) in [6, 6.07) is 7.31. The first kappa shape index (κ1) is 22.4. The molecule has 0 spiro atoms. The minimum atomic E-state index is -0.356. The van der Waals surface area contributed by atoms with Crippen molar-refractivity contribution < 1.29 is 28.2 Å². The van der Waals surface area contributed by atoms with E-state index in [0.717, 1.165) is 11.3 Å². The summed E-state index contributed by atoms with van der Waals surface area (Å²) in [5, 5.41) is 2.67. The summed E-state index contributed by atoms with van der Waals surface area (Å²) >= 11 is 0. The van der Waals surface area contributed by atoms with Crippen molar-refractivity contribution in [3.8, 4) is 5.75 Å². The van der Waals surface area contributed by atoms with E-state index in [4.69, 9.17) is 18.6 Å². The monoisotopic (exact) mass is 405 g/mol. The molecule has 1 aromatic heterocycles. The molecule has 9 nitrogen and oxygen atoms in total. The molecule has 2 rings (SSSR count). The molecular formula is C20H27N3O6. The lowest BCUT2D eigenvalue weighted by molar-refractivity contribution is -0.132. The number of carbonyl (C=O) groups excluding carboxylic acids is 2. The Morgan fingerprint density at radius 3 is 2.48 bits per heavy atom. The third-order valence-electron chi connectivity index (χ3n) is 4.13. The first-order valence-electron chi connectivity index (χ1n) is 9.18. The van der Waals surface area contributed by atoms with Gasteiger partial charge >= 0.3 is 0 Å². The van der Waals surface area contributed by atoms with Gasteiger partial charge in [0, 0.05) is 27.3 Å². The number of methoxy groups -OCH3 is 3. The molecule has 0 aliphatic rings. The number of aromatic nitrogens is 1. The number of carbonyl (C=O) groups is 2. The van der Waals surface area contributed by atoms with Crippen LogP contribution in [0.5, 0.6) is 5.75 Å². The van der Waals surface area contributed by atoms with Crippen molar-refractivity contribution in [3.63, 3.8) is 0 Å². The Morgan fingerprint density at radius 1 is 1.10 bits per heavy atom. The molecule has 0 atom stereocenters. The average molecular weight is 405 g/mol. The van der Waals surface area contributed by atoms with Crippen molar-refractivity contribution in [2.75, 3.05) is 47.6 Å². The Morgan fingerprint density at radius 2 is 1.83 bits per heavy atom. The van der Waals surface area contributed by atoms with E-state index in [1.807, 2.05) is 24.3 Å². The standard InChI is InChI=1S/C20H27N3O6/c1-26-10-8-21-20(25)17-14-29-18(22-17)13-23(9-11-27-2)19(24)12-15-4-6-16(28-3)7-5-15/h4-7,14H,8-13H2,1-3H3,(H,21,25). The molecular weight excluding hydrogens is 378 g/mol. The highest BCUT2D eigenvalue weighted by Crippen LogP contribution is 2.13. The molecule has 0 bridgehead atoms. The zero-order valence-electron chi connectivity index (χ0n) is 17.0. The van der Waals surface area contributed by atoms with E-state index in [0.29, 0.717) is 26.3 Å². The van der Waals surface area contributed by atoms with Crippen LogP contribution in [0.2, 0.25) is 0 Å². The maximum atomic E-state index is 12.8. The molecule has 1 N–H and O–H groups in total. The van der Waals surface area contributed by atoms with Gasteiger partial charge in [0.05, 0.1) is 33.3 Å². The van der Waals surface area contributed by atoms with Crippen LogP contribution in [0.4, 0.5) is 0 Å². The minimum absolute atomic E-state index is 0.100. The molecule has 0 saturated carbocycles. The van der Waals surface area contributed by atoms with E-state index >= 15 is 0 Å². The van der Waals surface area contributed by atoms with Crippen LogP contribution in [0.1, 0.15) is 21.9 Å². The molecule has 0 aliphatic heterocycles. The Kier molecular flexibility index (Phi) is 9.13. The third-order valence-corrected chi connectivity index (χ3v) is 4.13. The number of hydrogen-bond donors (Lipinski definition) is 1. The van der Waals surface area contributed by atoms with E-state index in [9.17, 15) is 9.59 Å². The predicted octanol–water partition coefficient (Wildman–Crippen LogP) is 1.28. The molecule has 0 fully saturated rings. The zero-order chi connectivity index (χ0) is 21.1. The van der Waals surface area contributed by atoms with E-state index in [-0.39, 0.29) is 36.4 Å². The predicted molar refractivity (Wildman–Crippen MR) is 105 cm³/mol. The number of nitrogens with zero attached hydrogens (tertiary/aromatic N) is 2. The smallest absolute Gasteiger partial charge is 0.273 e. The van der Waals surface area contributed by atoms with Gasteiger partial charge in [-0.05, 0) is 17.7 Å². The number of oxazole rings is 1. The molecule has 2 aromatic rings. The van der Waals surface area contributed by atoms with Crippen LogP contribution in [0.15, 0.2) is 34.9 Å². The van der Waals surface area contributed by atoms with Crippen LogP contribution in [-0.4, -0.2) is 69.3 Å². The molecule has 0 saturated heterocycles. The second-order valence-electron chi connectivity index (χ2n) is 6.21. The van der Waals surface area contributed by atoms with Crippen molar-refractivity contribution >= 4 is 11.8 Å². The molecule has 0 unspecified atom stereocenters. The van der Waals surface area contributed by atoms with Crippen molar-refractivity contribution in [3.05, 3.63) is 47.7 Å². The van der Waals surface area contributed by atoms with Gasteiger partial charge in [-0.15, -0.1) is 0 Å². The lowest BCUT2D eigenvalue weighted by atomic mass is 10.1. The van der Waals surface area contributed by atoms with E-state index in [1.54, 1.807) is 26.2 Å². The lowest BCUT2D eigenvalue weighted by Crippen LogP contribution is -2.34. The van der Waals surface area contributed by atoms with Gasteiger partial charge in [-0.25, -0.2) is 4.98 Å². The van der Waals surface area contributed by atoms with Gasteiger partial charge in [-0.1, -0.05) is 12.1 Å². The second-order valence-corrected chi connectivity index (χ2v) is 6.21. The Hall–Kier alpha value is -2.91. The first-order chi connectivity index (χ1) is 14.1. The van der Waals surface area contributed by atoms with Gasteiger partial charge < -0.3 is 28.8 Å². The van der Waals surface area contributed by atoms with Crippen LogP contribution < -0.4 is 10.1 Å². The average Bonchev–Trinajstić information content (AvgIpc) is 3.20. The van der Waals surface area contributed by atoms with E-state index in [1.165, 1.54) is 6.26 Å². The van der Waals surface area contributed by atoms with Crippen LogP contribution in [0.3, 0.4) is 0 Å². The van der Waals surface area contributed by atoms with Gasteiger partial charge in [0.15, 0.2) is 5.69 Å². The van der Waals surface area contributed by atoms with Crippen LogP contribution >= 0.6 is 0 Å². The number of rotatable bonds is 12. The largest absolute Gasteiger partial charge is 0.497 e. The van der Waals surface area contributed by atoms with Gasteiger partial charge in [0.2, 0.25) is 11.8 Å². The van der Waals surface area contributed by atoms with Crippen molar-refractivity contribution in [1.82, 2.24) is 15.2 Å². The van der Waals surface area contributed by atoms with E-state index in [2.05, 4.69) is 10.3 Å². The maximum absolute atomic E-state index is 12.8. The van der Waals surface area contributed by atoms with Gasteiger partial charge in [-0.3, -0.25) is 9.59 Å². The highest BCUT2D eigenvalue weighted by atomic mass is 16.5. The number of benzene rings is 1. The number of nitrogens with one attached hydrogen (secondary N) is 1. The molecule has 9 heteroatoms. The molecule has 1 heterocycles. The molecule has 158 valence electrons. The topological polar surface area (TPSA) is 103 Å². The van der Waals surface area contributed by atoms with Crippen molar-refractivity contribution in [2.45, 2.75) is 13.0 Å². The minimum Gasteiger partial charge on any atom is -0.497 e. The third kappa shape index (κ3) is 7.20. The number of hydrogen-bond acceptors (Lipinski definition) is 7. The fourth-order valence-corrected chi connectivity index (χ4v) is 2.53. The van der Waals surface area contributed by atoms with Crippen molar-refractivity contribution in [1.29, 1.82) is 0 Å². The summed E-state index contributed by atoms with van der Waals surface area (Å²) in [4.78, 5) is 30.6. The first-order valence-corrected chi connectivity index (χ1v) is 9.18. The lowest BCUT2D eigenvalue weighted by Gasteiger charge is -2.21. The SMILES string of the molecule is COCCNC(=O)c1coc(CN(CCOC)C(=O)Cc2ccc(OC)cc2)n1. The molecule has 1 aromatic carbocycles. The maximum Gasteiger partial charge on any atom is 0.273 e. The quantitative estimate of drug-likeness (QED) is 0.531. The normalized spacial score (nSPS) is 10.6. The van der Waals surface area contributed by atoms with Crippen LogP contribution in [0, 0.1) is 0 Å². The number of ether oxygens (including phenoxy) is 3.